The minimum absolute atomic E-state index is 0.0883. The first-order valence-corrected chi connectivity index (χ1v) is 5.53. The molecule has 1 saturated heterocycles. The van der Waals surface area contributed by atoms with Gasteiger partial charge < -0.3 is 9.22 Å². The molecule has 2 rings (SSSR count). The summed E-state index contributed by atoms with van der Waals surface area (Å²) in [7, 11) is 4.43. The SMILES string of the molecule is C[C@]1(c2ccccc2)CC[N+](C)(C)CO1. The van der Waals surface area contributed by atoms with Crippen LogP contribution in [0, 0.1) is 0 Å². The van der Waals surface area contributed by atoms with Gasteiger partial charge in [-0.1, -0.05) is 30.3 Å². The van der Waals surface area contributed by atoms with Gasteiger partial charge >= 0.3 is 0 Å². The van der Waals surface area contributed by atoms with Crippen LogP contribution in [-0.2, 0) is 10.3 Å². The van der Waals surface area contributed by atoms with Crippen molar-refractivity contribution in [3.63, 3.8) is 0 Å². The Kier molecular flexibility index (Phi) is 2.57. The third-order valence-electron chi connectivity index (χ3n) is 3.31. The fourth-order valence-corrected chi connectivity index (χ4v) is 1.99. The van der Waals surface area contributed by atoms with Crippen molar-refractivity contribution in [2.24, 2.45) is 0 Å². The molecular weight excluding hydrogens is 186 g/mol. The van der Waals surface area contributed by atoms with E-state index in [1.807, 2.05) is 0 Å². The molecule has 0 aromatic heterocycles. The quantitative estimate of drug-likeness (QED) is 0.641. The molecule has 1 atom stereocenters. The standard InChI is InChI=1S/C13H20NO/c1-13(12-7-5-4-6-8-12)9-10-14(2,3)11-15-13/h4-8H,9-11H2,1-3H3/q+1/t13-/m1/s1. The molecule has 0 saturated carbocycles. The molecule has 0 amide bonds. The zero-order chi connectivity index (χ0) is 10.9. The molecule has 1 aliphatic rings. The Morgan fingerprint density at radius 3 is 2.40 bits per heavy atom. The molecule has 1 heterocycles. The van der Waals surface area contributed by atoms with E-state index in [2.05, 4.69) is 51.4 Å². The second-order valence-corrected chi connectivity index (χ2v) is 5.28. The largest absolute Gasteiger partial charge is 0.320 e. The van der Waals surface area contributed by atoms with Gasteiger partial charge in [0.15, 0.2) is 6.73 Å². The summed E-state index contributed by atoms with van der Waals surface area (Å²) >= 11 is 0. The molecular formula is C13H20NO+. The van der Waals surface area contributed by atoms with Crippen molar-refractivity contribution in [3.05, 3.63) is 35.9 Å². The van der Waals surface area contributed by atoms with E-state index in [4.69, 9.17) is 4.74 Å². The number of rotatable bonds is 1. The maximum Gasteiger partial charge on any atom is 0.183 e. The van der Waals surface area contributed by atoms with Crippen LogP contribution in [0.4, 0.5) is 0 Å². The molecule has 2 nitrogen and oxygen atoms in total. The van der Waals surface area contributed by atoms with Gasteiger partial charge in [-0.05, 0) is 12.5 Å². The van der Waals surface area contributed by atoms with Crippen molar-refractivity contribution >= 4 is 0 Å². The minimum atomic E-state index is -0.0883. The lowest BCUT2D eigenvalue weighted by Crippen LogP contribution is -2.51. The first-order valence-electron chi connectivity index (χ1n) is 5.53. The minimum Gasteiger partial charge on any atom is -0.320 e. The number of hydrogen-bond donors (Lipinski definition) is 0. The summed E-state index contributed by atoms with van der Waals surface area (Å²) in [4.78, 5) is 0. The molecule has 15 heavy (non-hydrogen) atoms. The van der Waals surface area contributed by atoms with Crippen LogP contribution in [0.2, 0.25) is 0 Å². The highest BCUT2D eigenvalue weighted by molar-refractivity contribution is 5.21. The third kappa shape index (κ3) is 2.21. The van der Waals surface area contributed by atoms with Crippen LogP contribution in [0.25, 0.3) is 0 Å². The summed E-state index contributed by atoms with van der Waals surface area (Å²) in [5.74, 6) is 0. The summed E-state index contributed by atoms with van der Waals surface area (Å²) in [5.41, 5.74) is 1.21. The van der Waals surface area contributed by atoms with Gasteiger partial charge in [0.25, 0.3) is 0 Å². The van der Waals surface area contributed by atoms with Crippen LogP contribution in [0.1, 0.15) is 18.9 Å². The Bertz CT molecular complexity index is 322. The smallest absolute Gasteiger partial charge is 0.183 e. The molecule has 0 bridgehead atoms. The maximum atomic E-state index is 6.04. The molecule has 1 aliphatic heterocycles. The topological polar surface area (TPSA) is 9.23 Å². The zero-order valence-electron chi connectivity index (χ0n) is 9.86. The van der Waals surface area contributed by atoms with Crippen molar-refractivity contribution in [1.29, 1.82) is 0 Å². The molecule has 1 aromatic rings. The van der Waals surface area contributed by atoms with Gasteiger partial charge in [0.05, 0.1) is 20.6 Å². The van der Waals surface area contributed by atoms with Crippen molar-refractivity contribution in [2.75, 3.05) is 27.4 Å². The Balaban J connectivity index is 2.17. The van der Waals surface area contributed by atoms with E-state index in [0.29, 0.717) is 0 Å². The van der Waals surface area contributed by atoms with Crippen molar-refractivity contribution in [3.8, 4) is 0 Å². The van der Waals surface area contributed by atoms with Crippen LogP contribution in [0.15, 0.2) is 30.3 Å². The van der Waals surface area contributed by atoms with E-state index in [1.54, 1.807) is 0 Å². The van der Waals surface area contributed by atoms with Crippen LogP contribution in [-0.4, -0.2) is 31.9 Å². The fraction of sp³-hybridized carbons (Fsp3) is 0.538. The van der Waals surface area contributed by atoms with E-state index in [-0.39, 0.29) is 5.60 Å². The van der Waals surface area contributed by atoms with Gasteiger partial charge in [-0.15, -0.1) is 0 Å². The average Bonchev–Trinajstić information content (AvgIpc) is 2.24. The molecule has 82 valence electrons. The Morgan fingerprint density at radius 2 is 1.87 bits per heavy atom. The Morgan fingerprint density at radius 1 is 1.20 bits per heavy atom. The molecule has 0 spiro atoms. The van der Waals surface area contributed by atoms with Gasteiger partial charge in [0.2, 0.25) is 0 Å². The molecule has 0 unspecified atom stereocenters. The second-order valence-electron chi connectivity index (χ2n) is 5.28. The van der Waals surface area contributed by atoms with Crippen LogP contribution >= 0.6 is 0 Å². The molecule has 0 aliphatic carbocycles. The lowest BCUT2D eigenvalue weighted by molar-refractivity contribution is -0.922. The molecule has 0 N–H and O–H groups in total. The summed E-state index contributed by atoms with van der Waals surface area (Å²) in [6.07, 6.45) is 1.09. The van der Waals surface area contributed by atoms with E-state index in [0.717, 1.165) is 17.6 Å². The highest BCUT2D eigenvalue weighted by Crippen LogP contribution is 2.33. The highest BCUT2D eigenvalue weighted by Gasteiger charge is 2.37. The third-order valence-corrected chi connectivity index (χ3v) is 3.31. The van der Waals surface area contributed by atoms with Gasteiger partial charge in [-0.2, -0.15) is 0 Å². The molecule has 0 radical (unpaired) electrons. The highest BCUT2D eigenvalue weighted by atomic mass is 16.5. The second kappa shape index (κ2) is 3.62. The summed E-state index contributed by atoms with van der Waals surface area (Å²) in [5, 5.41) is 0. The van der Waals surface area contributed by atoms with Gasteiger partial charge in [-0.3, -0.25) is 0 Å². The zero-order valence-corrected chi connectivity index (χ0v) is 9.86. The van der Waals surface area contributed by atoms with Crippen molar-refractivity contribution < 1.29 is 9.22 Å². The number of quaternary nitrogens is 1. The van der Waals surface area contributed by atoms with Gasteiger partial charge in [0, 0.05) is 6.42 Å². The Labute approximate surface area is 92.1 Å². The predicted molar refractivity (Wildman–Crippen MR) is 61.3 cm³/mol. The number of benzene rings is 1. The first kappa shape index (κ1) is 10.7. The summed E-state index contributed by atoms with van der Waals surface area (Å²) in [6, 6.07) is 10.5. The van der Waals surface area contributed by atoms with Crippen LogP contribution in [0.5, 0.6) is 0 Å². The Hall–Kier alpha value is -0.860. The first-order chi connectivity index (χ1) is 7.02. The maximum absolute atomic E-state index is 6.04. The van der Waals surface area contributed by atoms with Gasteiger partial charge in [-0.25, -0.2) is 0 Å². The van der Waals surface area contributed by atoms with Crippen LogP contribution in [0.3, 0.4) is 0 Å². The summed E-state index contributed by atoms with van der Waals surface area (Å²) < 4.78 is 7.00. The van der Waals surface area contributed by atoms with E-state index in [1.165, 1.54) is 12.1 Å². The number of nitrogens with zero attached hydrogens (tertiary/aromatic N) is 1. The lowest BCUT2D eigenvalue weighted by Gasteiger charge is -2.42. The lowest BCUT2D eigenvalue weighted by atomic mass is 9.91. The van der Waals surface area contributed by atoms with Gasteiger partial charge in [0.1, 0.15) is 5.60 Å². The molecule has 2 heteroatoms. The summed E-state index contributed by atoms with van der Waals surface area (Å²) in [6.45, 7) is 4.16. The molecule has 1 fully saturated rings. The number of hydrogen-bond acceptors (Lipinski definition) is 1. The monoisotopic (exact) mass is 206 g/mol. The van der Waals surface area contributed by atoms with E-state index in [9.17, 15) is 0 Å². The fourth-order valence-electron chi connectivity index (χ4n) is 1.99. The van der Waals surface area contributed by atoms with Crippen molar-refractivity contribution in [1.82, 2.24) is 0 Å². The van der Waals surface area contributed by atoms with Crippen molar-refractivity contribution in [2.45, 2.75) is 18.9 Å². The van der Waals surface area contributed by atoms with E-state index < -0.39 is 0 Å². The predicted octanol–water partition coefficient (Wildman–Crippen LogP) is 2.36. The van der Waals surface area contributed by atoms with E-state index >= 15 is 0 Å². The normalized spacial score (nSPS) is 30.1. The number of ether oxygens (including phenoxy) is 1. The molecule has 1 aromatic carbocycles. The van der Waals surface area contributed by atoms with Crippen LogP contribution < -0.4 is 0 Å². The average molecular weight is 206 g/mol.